The second-order valence-corrected chi connectivity index (χ2v) is 11.6. The molecule has 0 aromatic rings. The first-order valence-electron chi connectivity index (χ1n) is 13.7. The Bertz CT molecular complexity index is 584. The van der Waals surface area contributed by atoms with Crippen LogP contribution < -0.4 is 0 Å². The first-order chi connectivity index (χ1) is 15.1. The molecule has 2 rings (SSSR count). The molecule has 2 aliphatic rings. The summed E-state index contributed by atoms with van der Waals surface area (Å²) >= 11 is 0. The second-order valence-electron chi connectivity index (χ2n) is 11.6. The standard InChI is InChI=1S/C29H53NO2/c1-7-8-16-29(6,32)17-13-15-26-27-20-24(19-25(27)21-28(26)31)14-11-9-10-12-18-30(22(2)3)23(4)5/h13,15,19,22-23,25-28,31-32H,7-12,14,16-18,20-21H2,1-6H3/t25-,26+,27-,28+,29-/m0/s1. The molecule has 1 fully saturated rings. The summed E-state index contributed by atoms with van der Waals surface area (Å²) in [6, 6.07) is 1.27. The van der Waals surface area contributed by atoms with E-state index < -0.39 is 5.60 Å². The molecule has 186 valence electrons. The normalized spacial score (nSPS) is 27.7. The molecule has 0 spiro atoms. The Morgan fingerprint density at radius 2 is 1.78 bits per heavy atom. The number of hydrogen-bond donors (Lipinski definition) is 2. The predicted molar refractivity (Wildman–Crippen MR) is 138 cm³/mol. The lowest BCUT2D eigenvalue weighted by molar-refractivity contribution is 0.0513. The van der Waals surface area contributed by atoms with Crippen molar-refractivity contribution >= 4 is 0 Å². The largest absolute Gasteiger partial charge is 0.392 e. The van der Waals surface area contributed by atoms with Crippen LogP contribution in [0.5, 0.6) is 0 Å². The first kappa shape index (κ1) is 27.6. The van der Waals surface area contributed by atoms with Gasteiger partial charge in [-0.15, -0.1) is 0 Å². The van der Waals surface area contributed by atoms with E-state index in [1.165, 1.54) is 38.6 Å². The van der Waals surface area contributed by atoms with Crippen molar-refractivity contribution in [3.8, 4) is 0 Å². The van der Waals surface area contributed by atoms with Gasteiger partial charge in [-0.2, -0.15) is 0 Å². The molecule has 2 N–H and O–H groups in total. The predicted octanol–water partition coefficient (Wildman–Crippen LogP) is 6.89. The topological polar surface area (TPSA) is 43.7 Å². The minimum absolute atomic E-state index is 0.218. The molecule has 0 aromatic carbocycles. The van der Waals surface area contributed by atoms with E-state index in [-0.39, 0.29) is 12.0 Å². The lowest BCUT2D eigenvalue weighted by atomic mass is 9.87. The van der Waals surface area contributed by atoms with Crippen LogP contribution in [0, 0.1) is 17.8 Å². The average molecular weight is 448 g/mol. The van der Waals surface area contributed by atoms with Crippen LogP contribution in [-0.4, -0.2) is 45.4 Å². The molecule has 0 bridgehead atoms. The van der Waals surface area contributed by atoms with Crippen molar-refractivity contribution in [2.45, 2.75) is 136 Å². The van der Waals surface area contributed by atoms with Gasteiger partial charge in [0.1, 0.15) is 0 Å². The molecule has 0 aromatic heterocycles. The van der Waals surface area contributed by atoms with Crippen LogP contribution in [0.15, 0.2) is 23.8 Å². The Kier molecular flexibility index (Phi) is 11.5. The van der Waals surface area contributed by atoms with E-state index in [9.17, 15) is 10.2 Å². The van der Waals surface area contributed by atoms with E-state index in [1.54, 1.807) is 5.57 Å². The number of fused-ring (bicyclic) bond motifs is 1. The minimum Gasteiger partial charge on any atom is -0.392 e. The third kappa shape index (κ3) is 8.61. The van der Waals surface area contributed by atoms with Gasteiger partial charge >= 0.3 is 0 Å². The quantitative estimate of drug-likeness (QED) is 0.212. The van der Waals surface area contributed by atoms with E-state index in [2.05, 4.69) is 57.7 Å². The zero-order valence-corrected chi connectivity index (χ0v) is 22.0. The van der Waals surface area contributed by atoms with Crippen LogP contribution in [0.4, 0.5) is 0 Å². The van der Waals surface area contributed by atoms with E-state index in [0.29, 0.717) is 30.3 Å². The number of aliphatic hydroxyl groups is 2. The highest BCUT2D eigenvalue weighted by molar-refractivity contribution is 5.20. The van der Waals surface area contributed by atoms with Crippen molar-refractivity contribution in [1.29, 1.82) is 0 Å². The summed E-state index contributed by atoms with van der Waals surface area (Å²) in [6.45, 7) is 14.5. The lowest BCUT2D eigenvalue weighted by Crippen LogP contribution is -2.37. The van der Waals surface area contributed by atoms with Gasteiger partial charge in [-0.05, 0) is 97.9 Å². The van der Waals surface area contributed by atoms with Gasteiger partial charge in [0.15, 0.2) is 0 Å². The molecule has 0 amide bonds. The Morgan fingerprint density at radius 3 is 2.44 bits per heavy atom. The number of nitrogens with zero attached hydrogens (tertiary/aromatic N) is 1. The number of aliphatic hydroxyl groups excluding tert-OH is 1. The molecule has 0 saturated heterocycles. The highest BCUT2D eigenvalue weighted by Gasteiger charge is 2.43. The summed E-state index contributed by atoms with van der Waals surface area (Å²) in [5, 5.41) is 21.1. The summed E-state index contributed by atoms with van der Waals surface area (Å²) in [5.74, 6) is 1.39. The SMILES string of the molecule is CCCC[C@](C)(O)CC=C[C@@H]1[C@H]2CC(CCCCCCN(C(C)C)C(C)C)=C[C@H]2C[C@H]1O. The fourth-order valence-corrected chi connectivity index (χ4v) is 6.04. The van der Waals surface area contributed by atoms with Crippen LogP contribution >= 0.6 is 0 Å². The molecule has 5 atom stereocenters. The second kappa shape index (κ2) is 13.3. The van der Waals surface area contributed by atoms with Crippen LogP contribution in [0.25, 0.3) is 0 Å². The monoisotopic (exact) mass is 447 g/mol. The lowest BCUT2D eigenvalue weighted by Gasteiger charge is -2.30. The van der Waals surface area contributed by atoms with E-state index in [4.69, 9.17) is 0 Å². The Morgan fingerprint density at radius 1 is 1.09 bits per heavy atom. The smallest absolute Gasteiger partial charge is 0.0654 e. The molecular weight excluding hydrogens is 394 g/mol. The van der Waals surface area contributed by atoms with Crippen molar-refractivity contribution in [3.05, 3.63) is 23.8 Å². The molecule has 0 aliphatic heterocycles. The van der Waals surface area contributed by atoms with Crippen molar-refractivity contribution in [3.63, 3.8) is 0 Å². The number of rotatable bonds is 15. The molecular formula is C29H53NO2. The van der Waals surface area contributed by atoms with Gasteiger partial charge in [0.2, 0.25) is 0 Å². The zero-order valence-electron chi connectivity index (χ0n) is 22.0. The van der Waals surface area contributed by atoms with E-state index in [0.717, 1.165) is 32.1 Å². The summed E-state index contributed by atoms with van der Waals surface area (Å²) in [4.78, 5) is 2.60. The van der Waals surface area contributed by atoms with Gasteiger partial charge in [0.05, 0.1) is 11.7 Å². The highest BCUT2D eigenvalue weighted by atomic mass is 16.3. The zero-order chi connectivity index (χ0) is 23.7. The first-order valence-corrected chi connectivity index (χ1v) is 13.7. The van der Waals surface area contributed by atoms with Gasteiger partial charge in [0.25, 0.3) is 0 Å². The van der Waals surface area contributed by atoms with Gasteiger partial charge < -0.3 is 10.2 Å². The van der Waals surface area contributed by atoms with Gasteiger partial charge in [-0.3, -0.25) is 4.90 Å². The molecule has 32 heavy (non-hydrogen) atoms. The highest BCUT2D eigenvalue weighted by Crippen LogP contribution is 2.48. The fourth-order valence-electron chi connectivity index (χ4n) is 6.04. The van der Waals surface area contributed by atoms with Gasteiger partial charge in [-0.1, -0.05) is 56.4 Å². The van der Waals surface area contributed by atoms with Gasteiger partial charge in [0, 0.05) is 18.0 Å². The van der Waals surface area contributed by atoms with E-state index in [1.807, 2.05) is 6.92 Å². The van der Waals surface area contributed by atoms with Crippen LogP contribution in [0.3, 0.4) is 0 Å². The molecule has 0 heterocycles. The van der Waals surface area contributed by atoms with Crippen LogP contribution in [0.2, 0.25) is 0 Å². The number of unbranched alkanes of at least 4 members (excludes halogenated alkanes) is 4. The number of hydrogen-bond acceptors (Lipinski definition) is 3. The van der Waals surface area contributed by atoms with Crippen LogP contribution in [0.1, 0.15) is 112 Å². The minimum atomic E-state index is -0.615. The third-order valence-electron chi connectivity index (χ3n) is 7.93. The van der Waals surface area contributed by atoms with Crippen molar-refractivity contribution < 1.29 is 10.2 Å². The Hall–Kier alpha value is -0.640. The van der Waals surface area contributed by atoms with Gasteiger partial charge in [-0.25, -0.2) is 0 Å². The average Bonchev–Trinajstić information content (AvgIpc) is 3.22. The molecule has 3 nitrogen and oxygen atoms in total. The molecule has 0 radical (unpaired) electrons. The van der Waals surface area contributed by atoms with Crippen molar-refractivity contribution in [1.82, 2.24) is 4.90 Å². The Balaban J connectivity index is 1.70. The van der Waals surface area contributed by atoms with Crippen molar-refractivity contribution in [2.24, 2.45) is 17.8 Å². The summed E-state index contributed by atoms with van der Waals surface area (Å²) in [6.07, 6.45) is 19.0. The third-order valence-corrected chi connectivity index (χ3v) is 7.93. The Labute approximate surface area is 199 Å². The fraction of sp³-hybridized carbons (Fsp3) is 0.862. The molecule has 3 heteroatoms. The summed E-state index contributed by atoms with van der Waals surface area (Å²) < 4.78 is 0. The maximum Gasteiger partial charge on any atom is 0.0654 e. The molecule has 1 saturated carbocycles. The van der Waals surface area contributed by atoms with E-state index >= 15 is 0 Å². The summed E-state index contributed by atoms with van der Waals surface area (Å²) in [7, 11) is 0. The van der Waals surface area contributed by atoms with Crippen molar-refractivity contribution in [2.75, 3.05) is 6.54 Å². The maximum absolute atomic E-state index is 10.6. The molecule has 2 aliphatic carbocycles. The maximum atomic E-state index is 10.6. The summed E-state index contributed by atoms with van der Waals surface area (Å²) in [5.41, 5.74) is 1.02. The van der Waals surface area contributed by atoms with Crippen LogP contribution in [-0.2, 0) is 0 Å². The molecule has 0 unspecified atom stereocenters. The number of allylic oxidation sites excluding steroid dienone is 2.